The Morgan fingerprint density at radius 2 is 2.10 bits per heavy atom. The molecule has 0 bridgehead atoms. The molecule has 29 heavy (non-hydrogen) atoms. The third-order valence-corrected chi connectivity index (χ3v) is 4.48. The average molecular weight is 415 g/mol. The average Bonchev–Trinajstić information content (AvgIpc) is 3.12. The molecule has 0 saturated carbocycles. The van der Waals surface area contributed by atoms with Crippen LogP contribution in [0.15, 0.2) is 47.6 Å². The van der Waals surface area contributed by atoms with Gasteiger partial charge in [0, 0.05) is 5.56 Å². The van der Waals surface area contributed by atoms with Gasteiger partial charge in [-0.15, -0.1) is 10.2 Å². The number of carbonyl (C=O) groups excluding carboxylic acids is 1. The molecule has 2 aromatic carbocycles. The molecule has 0 aliphatic heterocycles. The van der Waals surface area contributed by atoms with Crippen LogP contribution in [0.5, 0.6) is 11.5 Å². The van der Waals surface area contributed by atoms with Crippen LogP contribution in [0, 0.1) is 5.82 Å². The van der Waals surface area contributed by atoms with Gasteiger partial charge < -0.3 is 15.2 Å². The minimum atomic E-state index is -0.339. The maximum atomic E-state index is 13.7. The number of nitrogens with one attached hydrogen (secondary N) is 1. The fraction of sp³-hybridized carbons (Fsp3) is 0.158. The van der Waals surface area contributed by atoms with Crippen LogP contribution < -0.4 is 20.6 Å². The Hall–Kier alpha value is -3.53. The summed E-state index contributed by atoms with van der Waals surface area (Å²) in [5.74, 6) is 0.253. The summed E-state index contributed by atoms with van der Waals surface area (Å²) in [4.78, 5) is 11.8. The fourth-order valence-electron chi connectivity index (χ4n) is 2.35. The predicted molar refractivity (Wildman–Crippen MR) is 107 cm³/mol. The number of benzene rings is 2. The maximum Gasteiger partial charge on any atom is 0.247 e. The van der Waals surface area contributed by atoms with Gasteiger partial charge in [0.05, 0.1) is 19.7 Å². The number of hydrogen-bond donors (Lipinski definition) is 2. The first-order valence-corrected chi connectivity index (χ1v) is 9.31. The Morgan fingerprint density at radius 3 is 2.83 bits per heavy atom. The molecule has 3 aromatic rings. The van der Waals surface area contributed by atoms with Crippen LogP contribution in [0.1, 0.15) is 16.1 Å². The predicted octanol–water partition coefficient (Wildman–Crippen LogP) is 2.54. The number of hydrazone groups is 1. The van der Waals surface area contributed by atoms with Gasteiger partial charge in [-0.3, -0.25) is 4.79 Å². The zero-order chi connectivity index (χ0) is 20.6. The highest BCUT2D eigenvalue weighted by atomic mass is 32.1. The van der Waals surface area contributed by atoms with Crippen molar-refractivity contribution in [2.45, 2.75) is 13.0 Å². The number of methoxy groups -OCH3 is 1. The van der Waals surface area contributed by atoms with E-state index in [2.05, 4.69) is 20.7 Å². The Balaban J connectivity index is 1.58. The number of aromatic nitrogens is 2. The Morgan fingerprint density at radius 1 is 1.28 bits per heavy atom. The molecular formula is C19H18FN5O3S. The first-order chi connectivity index (χ1) is 14.0. The van der Waals surface area contributed by atoms with Gasteiger partial charge in [0.25, 0.3) is 0 Å². The van der Waals surface area contributed by atoms with Crippen molar-refractivity contribution in [2.24, 2.45) is 5.10 Å². The topological polar surface area (TPSA) is 112 Å². The van der Waals surface area contributed by atoms with Gasteiger partial charge in [-0.1, -0.05) is 29.5 Å². The largest absolute Gasteiger partial charge is 0.493 e. The number of carbonyl (C=O) groups is 1. The number of halogens is 1. The number of ether oxygens (including phenoxy) is 2. The van der Waals surface area contributed by atoms with Crippen molar-refractivity contribution in [1.29, 1.82) is 0 Å². The van der Waals surface area contributed by atoms with Gasteiger partial charge in [-0.25, -0.2) is 9.82 Å². The summed E-state index contributed by atoms with van der Waals surface area (Å²) in [5.41, 5.74) is 9.01. The molecule has 0 aliphatic rings. The van der Waals surface area contributed by atoms with E-state index in [4.69, 9.17) is 15.2 Å². The van der Waals surface area contributed by atoms with Crippen LogP contribution in [0.3, 0.4) is 0 Å². The number of nitrogen functional groups attached to an aromatic ring is 1. The highest BCUT2D eigenvalue weighted by Crippen LogP contribution is 2.28. The molecule has 0 atom stereocenters. The lowest BCUT2D eigenvalue weighted by Crippen LogP contribution is -2.19. The Bertz CT molecular complexity index is 1020. The van der Waals surface area contributed by atoms with Crippen molar-refractivity contribution in [2.75, 3.05) is 12.8 Å². The number of nitrogens with two attached hydrogens (primary N) is 1. The SMILES string of the molecule is COc1cc(/C=N\NC(=O)Cc2nnc(N)s2)ccc1OCc1ccccc1F. The Labute approximate surface area is 170 Å². The van der Waals surface area contributed by atoms with Crippen molar-refractivity contribution in [3.05, 3.63) is 64.4 Å². The summed E-state index contributed by atoms with van der Waals surface area (Å²) in [7, 11) is 1.50. The second-order valence-electron chi connectivity index (χ2n) is 5.79. The molecule has 3 rings (SSSR count). The van der Waals surface area contributed by atoms with Crippen molar-refractivity contribution in [3.8, 4) is 11.5 Å². The molecular weight excluding hydrogens is 397 g/mol. The van der Waals surface area contributed by atoms with Gasteiger partial charge in [0.15, 0.2) is 11.5 Å². The standard InChI is InChI=1S/C19H18FN5O3S/c1-27-16-8-12(10-22-23-17(26)9-18-24-25-19(21)29-18)6-7-15(16)28-11-13-4-2-3-5-14(13)20/h2-8,10H,9,11H2,1H3,(H2,21,25)(H,23,26)/b22-10-. The molecule has 10 heteroatoms. The number of rotatable bonds is 8. The molecule has 0 spiro atoms. The summed E-state index contributed by atoms with van der Waals surface area (Å²) in [6.45, 7) is 0.0721. The molecule has 0 radical (unpaired) electrons. The number of hydrogen-bond acceptors (Lipinski definition) is 8. The molecule has 0 saturated heterocycles. The molecule has 0 fully saturated rings. The van der Waals surface area contributed by atoms with Gasteiger partial charge in [-0.05, 0) is 29.8 Å². The maximum absolute atomic E-state index is 13.7. The quantitative estimate of drug-likeness (QED) is 0.432. The minimum Gasteiger partial charge on any atom is -0.493 e. The fourth-order valence-corrected chi connectivity index (χ4v) is 2.96. The third-order valence-electron chi connectivity index (χ3n) is 3.73. The summed E-state index contributed by atoms with van der Waals surface area (Å²) in [6.07, 6.45) is 1.51. The molecule has 150 valence electrons. The summed E-state index contributed by atoms with van der Waals surface area (Å²) < 4.78 is 24.7. The molecule has 3 N–H and O–H groups in total. The summed E-state index contributed by atoms with van der Waals surface area (Å²) in [6, 6.07) is 11.5. The van der Waals surface area contributed by atoms with Crippen LogP contribution in [0.25, 0.3) is 0 Å². The van der Waals surface area contributed by atoms with E-state index in [0.717, 1.165) is 11.3 Å². The summed E-state index contributed by atoms with van der Waals surface area (Å²) in [5, 5.41) is 12.1. The van der Waals surface area contributed by atoms with E-state index in [-0.39, 0.29) is 24.8 Å². The number of nitrogens with zero attached hydrogens (tertiary/aromatic N) is 3. The molecule has 1 heterocycles. The molecule has 8 nitrogen and oxygen atoms in total. The first kappa shape index (κ1) is 20.2. The van der Waals surface area contributed by atoms with Crippen molar-refractivity contribution in [1.82, 2.24) is 15.6 Å². The lowest BCUT2D eigenvalue weighted by atomic mass is 10.2. The number of amides is 1. The van der Waals surface area contributed by atoms with Crippen LogP contribution in [-0.2, 0) is 17.8 Å². The molecule has 0 unspecified atom stereocenters. The van der Waals surface area contributed by atoms with Crippen molar-refractivity contribution >= 4 is 28.6 Å². The van der Waals surface area contributed by atoms with Crippen LogP contribution in [-0.4, -0.2) is 29.4 Å². The zero-order valence-corrected chi connectivity index (χ0v) is 16.3. The lowest BCUT2D eigenvalue weighted by Gasteiger charge is -2.11. The summed E-state index contributed by atoms with van der Waals surface area (Å²) >= 11 is 1.15. The van der Waals surface area contributed by atoms with Gasteiger partial charge in [0.1, 0.15) is 17.4 Å². The lowest BCUT2D eigenvalue weighted by molar-refractivity contribution is -0.120. The highest BCUT2D eigenvalue weighted by molar-refractivity contribution is 7.15. The first-order valence-electron chi connectivity index (χ1n) is 8.49. The van der Waals surface area contributed by atoms with E-state index >= 15 is 0 Å². The van der Waals surface area contributed by atoms with E-state index in [0.29, 0.717) is 32.8 Å². The van der Waals surface area contributed by atoms with E-state index in [1.165, 1.54) is 19.4 Å². The van der Waals surface area contributed by atoms with E-state index in [1.54, 1.807) is 36.4 Å². The van der Waals surface area contributed by atoms with Gasteiger partial charge >= 0.3 is 0 Å². The van der Waals surface area contributed by atoms with Crippen LogP contribution in [0.4, 0.5) is 9.52 Å². The minimum absolute atomic E-state index is 0.0400. The van der Waals surface area contributed by atoms with Gasteiger partial charge in [0.2, 0.25) is 11.0 Å². The van der Waals surface area contributed by atoms with Gasteiger partial charge in [-0.2, -0.15) is 5.10 Å². The second-order valence-corrected chi connectivity index (χ2v) is 6.89. The highest BCUT2D eigenvalue weighted by Gasteiger charge is 2.09. The normalized spacial score (nSPS) is 10.8. The molecule has 1 amide bonds. The molecule has 1 aromatic heterocycles. The monoisotopic (exact) mass is 415 g/mol. The van der Waals surface area contributed by atoms with Crippen LogP contribution in [0.2, 0.25) is 0 Å². The Kier molecular flexibility index (Phi) is 6.69. The van der Waals surface area contributed by atoms with E-state index in [1.807, 2.05) is 0 Å². The zero-order valence-electron chi connectivity index (χ0n) is 15.5. The van der Waals surface area contributed by atoms with Crippen LogP contribution >= 0.6 is 11.3 Å². The van der Waals surface area contributed by atoms with Crippen molar-refractivity contribution in [3.63, 3.8) is 0 Å². The molecule has 0 aliphatic carbocycles. The third kappa shape index (κ3) is 5.72. The number of anilines is 1. The smallest absolute Gasteiger partial charge is 0.247 e. The van der Waals surface area contributed by atoms with E-state index < -0.39 is 0 Å². The van der Waals surface area contributed by atoms with Crippen molar-refractivity contribution < 1.29 is 18.7 Å². The van der Waals surface area contributed by atoms with E-state index in [9.17, 15) is 9.18 Å². The second kappa shape index (κ2) is 9.60.